The van der Waals surface area contributed by atoms with Crippen molar-refractivity contribution in [1.29, 1.82) is 0 Å². The van der Waals surface area contributed by atoms with Crippen LogP contribution in [0, 0.1) is 0 Å². The van der Waals surface area contributed by atoms with Crippen molar-refractivity contribution in [3.63, 3.8) is 0 Å². The van der Waals surface area contributed by atoms with Gasteiger partial charge < -0.3 is 20.1 Å². The maximum Gasteiger partial charge on any atom is 0.220 e. The zero-order valence-corrected chi connectivity index (χ0v) is 11.4. The lowest BCUT2D eigenvalue weighted by molar-refractivity contribution is -0.122. The van der Waals surface area contributed by atoms with Crippen LogP contribution in [0.1, 0.15) is 32.1 Å². The number of carbonyl (C=O) groups excluding carboxylic acids is 1. The summed E-state index contributed by atoms with van der Waals surface area (Å²) in [6.07, 6.45) is 5.22. The van der Waals surface area contributed by atoms with Gasteiger partial charge in [-0.05, 0) is 25.7 Å². The first-order chi connectivity index (χ1) is 8.83. The van der Waals surface area contributed by atoms with Crippen molar-refractivity contribution in [1.82, 2.24) is 10.6 Å². The molecule has 1 aliphatic rings. The highest BCUT2D eigenvalue weighted by molar-refractivity contribution is 5.75. The summed E-state index contributed by atoms with van der Waals surface area (Å²) in [5, 5.41) is 6.08. The lowest BCUT2D eigenvalue weighted by atomic mass is 10.0. The standard InChI is InChI=1S/C13H26N2O3/c1-17-11-9-14-7-8-15-13(16)6-5-12-4-2-3-10-18-12/h12,14H,2-11H2,1H3,(H,15,16). The Bertz CT molecular complexity index is 218. The zero-order chi connectivity index (χ0) is 13.1. The van der Waals surface area contributed by atoms with Crippen LogP contribution in [-0.2, 0) is 14.3 Å². The molecule has 1 atom stereocenters. The van der Waals surface area contributed by atoms with Gasteiger partial charge in [-0.15, -0.1) is 0 Å². The topological polar surface area (TPSA) is 59.6 Å². The van der Waals surface area contributed by atoms with Crippen molar-refractivity contribution in [3.05, 3.63) is 0 Å². The SMILES string of the molecule is COCCNCCNC(=O)CCC1CCCCO1. The third kappa shape index (κ3) is 7.63. The van der Waals surface area contributed by atoms with E-state index in [2.05, 4.69) is 10.6 Å². The summed E-state index contributed by atoms with van der Waals surface area (Å²) in [6, 6.07) is 0. The van der Waals surface area contributed by atoms with Crippen molar-refractivity contribution in [3.8, 4) is 0 Å². The second kappa shape index (κ2) is 10.3. The molecule has 2 N–H and O–H groups in total. The van der Waals surface area contributed by atoms with Crippen molar-refractivity contribution >= 4 is 5.91 Å². The molecule has 1 unspecified atom stereocenters. The van der Waals surface area contributed by atoms with Gasteiger partial charge in [-0.1, -0.05) is 0 Å². The molecule has 1 saturated heterocycles. The van der Waals surface area contributed by atoms with E-state index in [9.17, 15) is 4.79 Å². The molecule has 0 bridgehead atoms. The summed E-state index contributed by atoms with van der Waals surface area (Å²) in [4.78, 5) is 11.6. The molecule has 1 rings (SSSR count). The maximum absolute atomic E-state index is 11.6. The molecule has 1 fully saturated rings. The highest BCUT2D eigenvalue weighted by atomic mass is 16.5. The average molecular weight is 258 g/mol. The second-order valence-electron chi connectivity index (χ2n) is 4.62. The number of hydrogen-bond donors (Lipinski definition) is 2. The van der Waals surface area contributed by atoms with Crippen molar-refractivity contribution in [2.24, 2.45) is 0 Å². The van der Waals surface area contributed by atoms with E-state index in [0.717, 1.165) is 39.0 Å². The van der Waals surface area contributed by atoms with E-state index in [0.29, 0.717) is 25.7 Å². The molecular weight excluding hydrogens is 232 g/mol. The molecule has 1 aliphatic heterocycles. The number of ether oxygens (including phenoxy) is 2. The molecule has 0 spiro atoms. The summed E-state index contributed by atoms with van der Waals surface area (Å²) in [7, 11) is 1.68. The smallest absolute Gasteiger partial charge is 0.220 e. The van der Waals surface area contributed by atoms with Gasteiger partial charge in [-0.25, -0.2) is 0 Å². The predicted molar refractivity (Wildman–Crippen MR) is 70.6 cm³/mol. The summed E-state index contributed by atoms with van der Waals surface area (Å²) >= 11 is 0. The van der Waals surface area contributed by atoms with Crippen LogP contribution in [0.4, 0.5) is 0 Å². The monoisotopic (exact) mass is 258 g/mol. The van der Waals surface area contributed by atoms with Gasteiger partial charge in [-0.3, -0.25) is 4.79 Å². The molecule has 5 heteroatoms. The first-order valence-electron chi connectivity index (χ1n) is 6.91. The van der Waals surface area contributed by atoms with Crippen LogP contribution in [0.15, 0.2) is 0 Å². The van der Waals surface area contributed by atoms with E-state index in [1.54, 1.807) is 7.11 Å². The van der Waals surface area contributed by atoms with E-state index < -0.39 is 0 Å². The van der Waals surface area contributed by atoms with E-state index in [1.807, 2.05) is 0 Å². The highest BCUT2D eigenvalue weighted by Crippen LogP contribution is 2.16. The first-order valence-corrected chi connectivity index (χ1v) is 6.91. The Morgan fingerprint density at radius 2 is 2.22 bits per heavy atom. The molecule has 0 aromatic rings. The first kappa shape index (κ1) is 15.4. The van der Waals surface area contributed by atoms with Crippen LogP contribution in [0.2, 0.25) is 0 Å². The Morgan fingerprint density at radius 3 is 2.94 bits per heavy atom. The number of hydrogen-bond acceptors (Lipinski definition) is 4. The fourth-order valence-electron chi connectivity index (χ4n) is 2.01. The summed E-state index contributed by atoms with van der Waals surface area (Å²) in [6.45, 7) is 3.84. The molecule has 0 aromatic heterocycles. The third-order valence-electron chi connectivity index (χ3n) is 3.07. The normalized spacial score (nSPS) is 19.7. The van der Waals surface area contributed by atoms with Crippen LogP contribution in [-0.4, -0.2) is 52.0 Å². The van der Waals surface area contributed by atoms with E-state index in [1.165, 1.54) is 6.42 Å². The Labute approximate surface area is 110 Å². The van der Waals surface area contributed by atoms with Gasteiger partial charge in [-0.2, -0.15) is 0 Å². The van der Waals surface area contributed by atoms with Gasteiger partial charge in [0.1, 0.15) is 0 Å². The largest absolute Gasteiger partial charge is 0.383 e. The molecule has 1 heterocycles. The quantitative estimate of drug-likeness (QED) is 0.597. The molecule has 0 radical (unpaired) electrons. The Balaban J connectivity index is 1.90. The third-order valence-corrected chi connectivity index (χ3v) is 3.07. The van der Waals surface area contributed by atoms with Gasteiger partial charge in [0.25, 0.3) is 0 Å². The number of amides is 1. The Hall–Kier alpha value is -0.650. The van der Waals surface area contributed by atoms with Gasteiger partial charge in [0, 0.05) is 39.8 Å². The van der Waals surface area contributed by atoms with Gasteiger partial charge in [0.05, 0.1) is 12.7 Å². The lowest BCUT2D eigenvalue weighted by Gasteiger charge is -2.22. The fourth-order valence-corrected chi connectivity index (χ4v) is 2.01. The van der Waals surface area contributed by atoms with Crippen molar-refractivity contribution in [2.45, 2.75) is 38.2 Å². The number of methoxy groups -OCH3 is 1. The molecule has 18 heavy (non-hydrogen) atoms. The molecule has 106 valence electrons. The molecule has 0 saturated carbocycles. The number of nitrogens with one attached hydrogen (secondary N) is 2. The molecule has 0 aliphatic carbocycles. The highest BCUT2D eigenvalue weighted by Gasteiger charge is 2.14. The van der Waals surface area contributed by atoms with Crippen LogP contribution >= 0.6 is 0 Å². The van der Waals surface area contributed by atoms with E-state index in [4.69, 9.17) is 9.47 Å². The molecular formula is C13H26N2O3. The zero-order valence-electron chi connectivity index (χ0n) is 11.4. The van der Waals surface area contributed by atoms with E-state index in [-0.39, 0.29) is 5.91 Å². The van der Waals surface area contributed by atoms with Gasteiger partial charge >= 0.3 is 0 Å². The minimum Gasteiger partial charge on any atom is -0.383 e. The number of rotatable bonds is 9. The maximum atomic E-state index is 11.6. The minimum absolute atomic E-state index is 0.123. The fraction of sp³-hybridized carbons (Fsp3) is 0.923. The molecule has 1 amide bonds. The van der Waals surface area contributed by atoms with Crippen LogP contribution in [0.25, 0.3) is 0 Å². The van der Waals surface area contributed by atoms with Crippen molar-refractivity contribution in [2.75, 3.05) is 40.0 Å². The predicted octanol–water partition coefficient (Wildman–Crippen LogP) is 0.688. The van der Waals surface area contributed by atoms with Gasteiger partial charge in [0.15, 0.2) is 0 Å². The van der Waals surface area contributed by atoms with Crippen LogP contribution in [0.5, 0.6) is 0 Å². The van der Waals surface area contributed by atoms with E-state index >= 15 is 0 Å². The average Bonchev–Trinajstić information content (AvgIpc) is 2.41. The lowest BCUT2D eigenvalue weighted by Crippen LogP contribution is -2.33. The second-order valence-corrected chi connectivity index (χ2v) is 4.62. The molecule has 5 nitrogen and oxygen atoms in total. The van der Waals surface area contributed by atoms with Crippen LogP contribution < -0.4 is 10.6 Å². The Kier molecular flexibility index (Phi) is 8.81. The van der Waals surface area contributed by atoms with Crippen molar-refractivity contribution < 1.29 is 14.3 Å². The summed E-state index contributed by atoms with van der Waals surface area (Å²) in [5.41, 5.74) is 0. The summed E-state index contributed by atoms with van der Waals surface area (Å²) < 4.78 is 10.5. The van der Waals surface area contributed by atoms with Crippen LogP contribution in [0.3, 0.4) is 0 Å². The number of carbonyl (C=O) groups is 1. The molecule has 0 aromatic carbocycles. The van der Waals surface area contributed by atoms with Gasteiger partial charge in [0.2, 0.25) is 5.91 Å². The summed E-state index contributed by atoms with van der Waals surface area (Å²) in [5.74, 6) is 0.123. The Morgan fingerprint density at radius 1 is 1.33 bits per heavy atom. The minimum atomic E-state index is 0.123.